The topological polar surface area (TPSA) is 47.6 Å². The fraction of sp³-hybridized carbons (Fsp3) is 0.933. The van der Waals surface area contributed by atoms with Gasteiger partial charge in [0.1, 0.15) is 6.04 Å². The molecule has 4 nitrogen and oxygen atoms in total. The van der Waals surface area contributed by atoms with Crippen LogP contribution in [0.4, 0.5) is 0 Å². The third kappa shape index (κ3) is 6.92. The summed E-state index contributed by atoms with van der Waals surface area (Å²) >= 11 is 0. The van der Waals surface area contributed by atoms with Crippen LogP contribution in [-0.4, -0.2) is 38.4 Å². The zero-order valence-electron chi connectivity index (χ0n) is 12.5. The van der Waals surface area contributed by atoms with Crippen molar-refractivity contribution in [3.63, 3.8) is 0 Å². The summed E-state index contributed by atoms with van der Waals surface area (Å²) in [5.41, 5.74) is 0. The highest BCUT2D eigenvalue weighted by molar-refractivity contribution is 5.75. The Balaban J connectivity index is 2.23. The second-order valence-electron chi connectivity index (χ2n) is 5.30. The Morgan fingerprint density at radius 3 is 2.53 bits per heavy atom. The van der Waals surface area contributed by atoms with Gasteiger partial charge in [0.05, 0.1) is 13.2 Å². The lowest BCUT2D eigenvalue weighted by atomic mass is 10.1. The monoisotopic (exact) mass is 271 g/mol. The lowest BCUT2D eigenvalue weighted by molar-refractivity contribution is -0.143. The molecule has 1 aliphatic rings. The third-order valence-electron chi connectivity index (χ3n) is 3.69. The second-order valence-corrected chi connectivity index (χ2v) is 5.30. The van der Waals surface area contributed by atoms with Gasteiger partial charge in [-0.1, -0.05) is 32.6 Å². The molecular weight excluding hydrogens is 242 g/mol. The Labute approximate surface area is 117 Å². The molecule has 0 aromatic carbocycles. The first-order valence-corrected chi connectivity index (χ1v) is 7.70. The van der Waals surface area contributed by atoms with Crippen LogP contribution in [0.15, 0.2) is 0 Å². The molecule has 0 aromatic heterocycles. The normalized spacial score (nSPS) is 18.8. The SMILES string of the molecule is CCCNC(CCOC1CCCCCC1)C(=O)OC. The Morgan fingerprint density at radius 2 is 1.95 bits per heavy atom. The fourth-order valence-corrected chi connectivity index (χ4v) is 2.53. The summed E-state index contributed by atoms with van der Waals surface area (Å²) in [5, 5.41) is 3.22. The van der Waals surface area contributed by atoms with E-state index in [1.165, 1.54) is 45.6 Å². The molecule has 19 heavy (non-hydrogen) atoms. The second kappa shape index (κ2) is 10.2. The number of carbonyl (C=O) groups is 1. The molecule has 1 N–H and O–H groups in total. The summed E-state index contributed by atoms with van der Waals surface area (Å²) in [4.78, 5) is 11.6. The molecule has 0 spiro atoms. The van der Waals surface area contributed by atoms with Crippen molar-refractivity contribution in [1.29, 1.82) is 0 Å². The largest absolute Gasteiger partial charge is 0.468 e. The molecule has 0 heterocycles. The fourth-order valence-electron chi connectivity index (χ4n) is 2.53. The highest BCUT2D eigenvalue weighted by Crippen LogP contribution is 2.20. The van der Waals surface area contributed by atoms with Gasteiger partial charge in [-0.15, -0.1) is 0 Å². The van der Waals surface area contributed by atoms with Crippen LogP contribution in [0.25, 0.3) is 0 Å². The quantitative estimate of drug-likeness (QED) is 0.544. The maximum Gasteiger partial charge on any atom is 0.322 e. The van der Waals surface area contributed by atoms with E-state index in [9.17, 15) is 4.79 Å². The Morgan fingerprint density at radius 1 is 1.26 bits per heavy atom. The summed E-state index contributed by atoms with van der Waals surface area (Å²) in [6.45, 7) is 3.56. The molecule has 0 amide bonds. The molecule has 0 saturated heterocycles. The summed E-state index contributed by atoms with van der Waals surface area (Å²) in [6.07, 6.45) is 9.67. The number of methoxy groups -OCH3 is 1. The van der Waals surface area contributed by atoms with Crippen LogP contribution in [0.5, 0.6) is 0 Å². The molecule has 1 unspecified atom stereocenters. The minimum Gasteiger partial charge on any atom is -0.468 e. The van der Waals surface area contributed by atoms with E-state index in [2.05, 4.69) is 12.2 Å². The lowest BCUT2D eigenvalue weighted by Gasteiger charge is -2.19. The highest BCUT2D eigenvalue weighted by Gasteiger charge is 2.19. The molecule has 1 atom stereocenters. The van der Waals surface area contributed by atoms with Crippen LogP contribution in [-0.2, 0) is 14.3 Å². The van der Waals surface area contributed by atoms with Crippen LogP contribution in [0.3, 0.4) is 0 Å². The molecule has 1 saturated carbocycles. The van der Waals surface area contributed by atoms with Crippen molar-refractivity contribution in [2.75, 3.05) is 20.3 Å². The number of rotatable bonds is 8. The van der Waals surface area contributed by atoms with E-state index in [0.29, 0.717) is 19.1 Å². The van der Waals surface area contributed by atoms with Crippen LogP contribution in [0, 0.1) is 0 Å². The Bertz CT molecular complexity index is 238. The van der Waals surface area contributed by atoms with Gasteiger partial charge in [0, 0.05) is 6.61 Å². The van der Waals surface area contributed by atoms with E-state index in [4.69, 9.17) is 9.47 Å². The standard InChI is InChI=1S/C15H29NO3/c1-3-11-16-14(15(17)18-2)10-12-19-13-8-6-4-5-7-9-13/h13-14,16H,3-12H2,1-2H3. The van der Waals surface area contributed by atoms with Gasteiger partial charge in [0.15, 0.2) is 0 Å². The van der Waals surface area contributed by atoms with E-state index in [0.717, 1.165) is 13.0 Å². The molecule has 1 rings (SSSR count). The number of carbonyl (C=O) groups excluding carboxylic acids is 1. The number of hydrogen-bond acceptors (Lipinski definition) is 4. The molecule has 0 bridgehead atoms. The third-order valence-corrected chi connectivity index (χ3v) is 3.69. The van der Waals surface area contributed by atoms with Crippen molar-refractivity contribution in [2.45, 2.75) is 70.4 Å². The van der Waals surface area contributed by atoms with E-state index in [1.807, 2.05) is 0 Å². The first-order valence-electron chi connectivity index (χ1n) is 7.70. The molecular formula is C15H29NO3. The van der Waals surface area contributed by atoms with Gasteiger partial charge < -0.3 is 14.8 Å². The lowest BCUT2D eigenvalue weighted by Crippen LogP contribution is -2.39. The van der Waals surface area contributed by atoms with Crippen LogP contribution in [0.2, 0.25) is 0 Å². The summed E-state index contributed by atoms with van der Waals surface area (Å²) < 4.78 is 10.7. The van der Waals surface area contributed by atoms with Crippen molar-refractivity contribution in [1.82, 2.24) is 5.32 Å². The van der Waals surface area contributed by atoms with Gasteiger partial charge in [-0.2, -0.15) is 0 Å². The zero-order valence-corrected chi connectivity index (χ0v) is 12.5. The minimum absolute atomic E-state index is 0.182. The molecule has 0 aliphatic heterocycles. The minimum atomic E-state index is -0.226. The van der Waals surface area contributed by atoms with Gasteiger partial charge >= 0.3 is 5.97 Å². The first kappa shape index (κ1) is 16.4. The van der Waals surface area contributed by atoms with E-state index in [-0.39, 0.29) is 12.0 Å². The Kier molecular flexibility index (Phi) is 8.84. The maximum absolute atomic E-state index is 11.6. The van der Waals surface area contributed by atoms with Crippen molar-refractivity contribution in [3.8, 4) is 0 Å². The maximum atomic E-state index is 11.6. The number of esters is 1. The van der Waals surface area contributed by atoms with Crippen molar-refractivity contribution >= 4 is 5.97 Å². The average molecular weight is 271 g/mol. The van der Waals surface area contributed by atoms with Gasteiger partial charge in [0.25, 0.3) is 0 Å². The van der Waals surface area contributed by atoms with Crippen LogP contribution < -0.4 is 5.32 Å². The molecule has 1 aliphatic carbocycles. The van der Waals surface area contributed by atoms with E-state index >= 15 is 0 Å². The van der Waals surface area contributed by atoms with Crippen molar-refractivity contribution < 1.29 is 14.3 Å². The summed E-state index contributed by atoms with van der Waals surface area (Å²) in [5.74, 6) is -0.182. The van der Waals surface area contributed by atoms with Crippen molar-refractivity contribution in [2.24, 2.45) is 0 Å². The predicted octanol–water partition coefficient (Wildman–Crippen LogP) is 2.66. The molecule has 0 aromatic rings. The average Bonchev–Trinajstić information content (AvgIpc) is 2.70. The zero-order chi connectivity index (χ0) is 13.9. The highest BCUT2D eigenvalue weighted by atomic mass is 16.5. The van der Waals surface area contributed by atoms with Crippen molar-refractivity contribution in [3.05, 3.63) is 0 Å². The van der Waals surface area contributed by atoms with Crippen LogP contribution in [0.1, 0.15) is 58.3 Å². The summed E-state index contributed by atoms with van der Waals surface area (Å²) in [6, 6.07) is -0.226. The summed E-state index contributed by atoms with van der Waals surface area (Å²) in [7, 11) is 1.44. The number of hydrogen-bond donors (Lipinski definition) is 1. The van der Waals surface area contributed by atoms with Gasteiger partial charge in [-0.25, -0.2) is 0 Å². The molecule has 1 fully saturated rings. The van der Waals surface area contributed by atoms with E-state index in [1.54, 1.807) is 0 Å². The smallest absolute Gasteiger partial charge is 0.322 e. The van der Waals surface area contributed by atoms with Gasteiger partial charge in [-0.3, -0.25) is 4.79 Å². The Hall–Kier alpha value is -0.610. The molecule has 4 heteroatoms. The van der Waals surface area contributed by atoms with Gasteiger partial charge in [0.2, 0.25) is 0 Å². The van der Waals surface area contributed by atoms with Crippen LogP contribution >= 0.6 is 0 Å². The van der Waals surface area contributed by atoms with Gasteiger partial charge in [-0.05, 0) is 32.2 Å². The molecule has 112 valence electrons. The van der Waals surface area contributed by atoms with E-state index < -0.39 is 0 Å². The predicted molar refractivity (Wildman–Crippen MR) is 76.2 cm³/mol. The number of nitrogens with one attached hydrogen (secondary N) is 1. The molecule has 0 radical (unpaired) electrons. The number of ether oxygens (including phenoxy) is 2. The first-order chi connectivity index (χ1) is 9.27.